The van der Waals surface area contributed by atoms with Gasteiger partial charge in [-0.1, -0.05) is 54.1 Å². The summed E-state index contributed by atoms with van der Waals surface area (Å²) in [5.74, 6) is -1.16. The average molecular weight is 358 g/mol. The Balaban J connectivity index is 1.51. The molecule has 5 nitrogen and oxygen atoms in total. The van der Waals surface area contributed by atoms with E-state index in [0.717, 1.165) is 19.6 Å². The molecule has 0 saturated carbocycles. The molecule has 1 fully saturated rings. The van der Waals surface area contributed by atoms with E-state index in [1.165, 1.54) is 5.56 Å². The van der Waals surface area contributed by atoms with Crippen LogP contribution in [0.3, 0.4) is 0 Å². The highest BCUT2D eigenvalue weighted by Gasteiger charge is 2.26. The Morgan fingerprint density at radius 3 is 2.24 bits per heavy atom. The van der Waals surface area contributed by atoms with Gasteiger partial charge in [-0.2, -0.15) is 0 Å². The van der Waals surface area contributed by atoms with Gasteiger partial charge in [0.25, 0.3) is 0 Å². The van der Waals surface area contributed by atoms with Gasteiger partial charge in [-0.15, -0.1) is 0 Å². The zero-order chi connectivity index (χ0) is 17.6. The molecule has 0 atom stereocenters. The quantitative estimate of drug-likeness (QED) is 0.859. The van der Waals surface area contributed by atoms with Gasteiger partial charge in [-0.25, -0.2) is 0 Å². The molecule has 3 rings (SSSR count). The van der Waals surface area contributed by atoms with Gasteiger partial charge in [-0.05, 0) is 17.7 Å². The molecule has 1 heterocycles. The third-order valence-electron chi connectivity index (χ3n) is 4.22. The number of rotatable bonds is 3. The molecule has 130 valence electrons. The summed E-state index contributed by atoms with van der Waals surface area (Å²) in [7, 11) is 0. The third kappa shape index (κ3) is 4.59. The lowest BCUT2D eigenvalue weighted by molar-refractivity contribution is -0.144. The smallest absolute Gasteiger partial charge is 0.313 e. The highest BCUT2D eigenvalue weighted by Crippen LogP contribution is 2.20. The van der Waals surface area contributed by atoms with E-state index in [1.54, 1.807) is 29.2 Å². The summed E-state index contributed by atoms with van der Waals surface area (Å²) in [6.45, 7) is 3.44. The van der Waals surface area contributed by atoms with Gasteiger partial charge in [0, 0.05) is 32.7 Å². The molecule has 2 amide bonds. The first-order chi connectivity index (χ1) is 12.1. The van der Waals surface area contributed by atoms with Crippen molar-refractivity contribution in [1.29, 1.82) is 0 Å². The molecule has 2 aromatic rings. The van der Waals surface area contributed by atoms with Crippen LogP contribution >= 0.6 is 11.6 Å². The van der Waals surface area contributed by atoms with Crippen LogP contribution in [0.4, 0.5) is 5.69 Å². The molecule has 0 unspecified atom stereocenters. The average Bonchev–Trinajstić information content (AvgIpc) is 2.64. The van der Waals surface area contributed by atoms with Crippen LogP contribution in [0.25, 0.3) is 0 Å². The summed E-state index contributed by atoms with van der Waals surface area (Å²) in [6, 6.07) is 17.1. The van der Waals surface area contributed by atoms with Crippen molar-refractivity contribution in [3.8, 4) is 0 Å². The summed E-state index contributed by atoms with van der Waals surface area (Å²) in [6.07, 6.45) is 0. The first-order valence-electron chi connectivity index (χ1n) is 8.24. The van der Waals surface area contributed by atoms with E-state index in [-0.39, 0.29) is 0 Å². The molecule has 1 aliphatic rings. The number of anilines is 1. The fourth-order valence-corrected chi connectivity index (χ4v) is 3.02. The van der Waals surface area contributed by atoms with Crippen molar-refractivity contribution >= 4 is 29.1 Å². The van der Waals surface area contributed by atoms with E-state index in [1.807, 2.05) is 18.2 Å². The Labute approximate surface area is 152 Å². The van der Waals surface area contributed by atoms with Gasteiger partial charge in [0.05, 0.1) is 10.7 Å². The minimum absolute atomic E-state index is 0.413. The topological polar surface area (TPSA) is 52.7 Å². The number of para-hydroxylation sites is 1. The summed E-state index contributed by atoms with van der Waals surface area (Å²) in [4.78, 5) is 28.4. The number of piperazine rings is 1. The van der Waals surface area contributed by atoms with Gasteiger partial charge in [0.15, 0.2) is 0 Å². The van der Waals surface area contributed by atoms with E-state index in [9.17, 15) is 9.59 Å². The summed E-state index contributed by atoms with van der Waals surface area (Å²) in [5, 5.41) is 3.00. The van der Waals surface area contributed by atoms with E-state index in [4.69, 9.17) is 11.6 Å². The maximum absolute atomic E-state index is 12.3. The van der Waals surface area contributed by atoms with Crippen LogP contribution in [0, 0.1) is 0 Å². The van der Waals surface area contributed by atoms with Gasteiger partial charge in [0.2, 0.25) is 0 Å². The van der Waals surface area contributed by atoms with E-state index in [0.29, 0.717) is 23.8 Å². The fraction of sp³-hybridized carbons (Fsp3) is 0.263. The molecule has 1 saturated heterocycles. The molecule has 1 N–H and O–H groups in total. The van der Waals surface area contributed by atoms with E-state index >= 15 is 0 Å². The van der Waals surface area contributed by atoms with Crippen LogP contribution in [-0.4, -0.2) is 47.8 Å². The van der Waals surface area contributed by atoms with E-state index < -0.39 is 11.8 Å². The molecule has 6 heteroatoms. The van der Waals surface area contributed by atoms with Crippen molar-refractivity contribution in [2.45, 2.75) is 6.54 Å². The van der Waals surface area contributed by atoms with Crippen molar-refractivity contribution in [3.05, 3.63) is 65.2 Å². The SMILES string of the molecule is O=C(Nc1ccccc1Cl)C(=O)N1CCN(Cc2ccccc2)CC1. The van der Waals surface area contributed by atoms with E-state index in [2.05, 4.69) is 22.3 Å². The van der Waals surface area contributed by atoms with Crippen LogP contribution in [-0.2, 0) is 16.1 Å². The maximum atomic E-state index is 12.3. The largest absolute Gasteiger partial charge is 0.332 e. The number of nitrogens with one attached hydrogen (secondary N) is 1. The van der Waals surface area contributed by atoms with Crippen LogP contribution in [0.1, 0.15) is 5.56 Å². The summed E-state index contributed by atoms with van der Waals surface area (Å²) in [5.41, 5.74) is 1.70. The van der Waals surface area contributed by atoms with Crippen LogP contribution in [0.15, 0.2) is 54.6 Å². The Kier molecular flexibility index (Phi) is 5.68. The zero-order valence-electron chi connectivity index (χ0n) is 13.8. The van der Waals surface area contributed by atoms with Crippen molar-refractivity contribution in [3.63, 3.8) is 0 Å². The second-order valence-electron chi connectivity index (χ2n) is 5.99. The molecule has 1 aliphatic heterocycles. The number of carbonyl (C=O) groups excluding carboxylic acids is 2. The highest BCUT2D eigenvalue weighted by molar-refractivity contribution is 6.41. The molecular weight excluding hydrogens is 338 g/mol. The van der Waals surface area contributed by atoms with Gasteiger partial charge >= 0.3 is 11.8 Å². The standard InChI is InChI=1S/C19H20ClN3O2/c20-16-8-4-5-9-17(16)21-18(24)19(25)23-12-10-22(11-13-23)14-15-6-2-1-3-7-15/h1-9H,10-14H2,(H,21,24). The Bertz CT molecular complexity index is 743. The predicted molar refractivity (Wildman–Crippen MR) is 98.4 cm³/mol. The first-order valence-corrected chi connectivity index (χ1v) is 8.62. The number of halogens is 1. The number of nitrogens with zero attached hydrogens (tertiary/aromatic N) is 2. The van der Waals surface area contributed by atoms with Crippen LogP contribution in [0.2, 0.25) is 5.02 Å². The Morgan fingerprint density at radius 1 is 0.920 bits per heavy atom. The summed E-state index contributed by atoms with van der Waals surface area (Å²) < 4.78 is 0. The normalized spacial score (nSPS) is 15.0. The monoisotopic (exact) mass is 357 g/mol. The molecule has 0 aromatic heterocycles. The molecule has 0 radical (unpaired) electrons. The number of carbonyl (C=O) groups is 2. The van der Waals surface area contributed by atoms with Crippen molar-refractivity contribution < 1.29 is 9.59 Å². The minimum atomic E-state index is -0.649. The Morgan fingerprint density at radius 2 is 1.56 bits per heavy atom. The molecular formula is C19H20ClN3O2. The lowest BCUT2D eigenvalue weighted by Crippen LogP contribution is -2.51. The molecule has 25 heavy (non-hydrogen) atoms. The second kappa shape index (κ2) is 8.14. The Hall–Kier alpha value is -2.37. The lowest BCUT2D eigenvalue weighted by Gasteiger charge is -2.34. The zero-order valence-corrected chi connectivity index (χ0v) is 14.6. The van der Waals surface area contributed by atoms with Crippen molar-refractivity contribution in [2.75, 3.05) is 31.5 Å². The van der Waals surface area contributed by atoms with Gasteiger partial charge < -0.3 is 10.2 Å². The highest BCUT2D eigenvalue weighted by atomic mass is 35.5. The minimum Gasteiger partial charge on any atom is -0.332 e. The molecule has 0 bridgehead atoms. The summed E-state index contributed by atoms with van der Waals surface area (Å²) >= 11 is 6.01. The maximum Gasteiger partial charge on any atom is 0.313 e. The number of benzene rings is 2. The molecule has 0 aliphatic carbocycles. The number of amides is 2. The van der Waals surface area contributed by atoms with Crippen LogP contribution in [0.5, 0.6) is 0 Å². The molecule has 0 spiro atoms. The second-order valence-corrected chi connectivity index (χ2v) is 6.40. The number of hydrogen-bond acceptors (Lipinski definition) is 3. The first kappa shape index (κ1) is 17.5. The fourth-order valence-electron chi connectivity index (χ4n) is 2.83. The van der Waals surface area contributed by atoms with Crippen molar-refractivity contribution in [2.24, 2.45) is 0 Å². The molecule has 2 aromatic carbocycles. The van der Waals surface area contributed by atoms with Gasteiger partial charge in [0.1, 0.15) is 0 Å². The van der Waals surface area contributed by atoms with Crippen LogP contribution < -0.4 is 5.32 Å². The lowest BCUT2D eigenvalue weighted by atomic mass is 10.2. The van der Waals surface area contributed by atoms with Gasteiger partial charge in [-0.3, -0.25) is 14.5 Å². The predicted octanol–water partition coefficient (Wildman–Crippen LogP) is 2.62. The third-order valence-corrected chi connectivity index (χ3v) is 4.55. The van der Waals surface area contributed by atoms with Crippen molar-refractivity contribution in [1.82, 2.24) is 9.80 Å². The number of hydrogen-bond donors (Lipinski definition) is 1.